The molecule has 4 heteroatoms. The lowest BCUT2D eigenvalue weighted by atomic mass is 10.00. The van der Waals surface area contributed by atoms with E-state index in [0.29, 0.717) is 0 Å². The van der Waals surface area contributed by atoms with E-state index >= 15 is 0 Å². The largest absolute Gasteiger partial charge is 0.314 e. The molecule has 0 saturated heterocycles. The van der Waals surface area contributed by atoms with Crippen LogP contribution in [0.3, 0.4) is 0 Å². The van der Waals surface area contributed by atoms with Crippen molar-refractivity contribution in [1.82, 2.24) is 4.67 Å². The summed E-state index contributed by atoms with van der Waals surface area (Å²) in [4.78, 5) is 0. The summed E-state index contributed by atoms with van der Waals surface area (Å²) < 4.78 is 14.5. The standard InChI is InChI=1S/C14H22NO2P/c1-5-15(6-2)18-16-11(3)13-9-7-8-10-14(13)12(4)17-18/h7-12H,5-6H2,1-4H3. The highest BCUT2D eigenvalue weighted by molar-refractivity contribution is 7.44. The third kappa shape index (κ3) is 2.75. The summed E-state index contributed by atoms with van der Waals surface area (Å²) in [7, 11) is -0.954. The summed E-state index contributed by atoms with van der Waals surface area (Å²) in [5, 5.41) is 0. The number of hydrogen-bond donors (Lipinski definition) is 0. The second kappa shape index (κ2) is 6.12. The molecule has 0 N–H and O–H groups in total. The van der Waals surface area contributed by atoms with Gasteiger partial charge < -0.3 is 9.05 Å². The molecule has 2 atom stereocenters. The highest BCUT2D eigenvalue weighted by atomic mass is 31.2. The fraction of sp³-hybridized carbons (Fsp3) is 0.571. The second-order valence-corrected chi connectivity index (χ2v) is 5.96. The van der Waals surface area contributed by atoms with Crippen LogP contribution in [0.15, 0.2) is 24.3 Å². The van der Waals surface area contributed by atoms with Crippen LogP contribution in [0.25, 0.3) is 0 Å². The van der Waals surface area contributed by atoms with Crippen molar-refractivity contribution in [2.45, 2.75) is 39.9 Å². The molecule has 2 unspecified atom stereocenters. The molecule has 1 aliphatic rings. The minimum absolute atomic E-state index is 0.0952. The van der Waals surface area contributed by atoms with Crippen LogP contribution in [0.1, 0.15) is 51.0 Å². The van der Waals surface area contributed by atoms with Crippen LogP contribution >= 0.6 is 8.53 Å². The number of benzene rings is 1. The van der Waals surface area contributed by atoms with Gasteiger partial charge in [-0.25, -0.2) is 4.67 Å². The highest BCUT2D eigenvalue weighted by Crippen LogP contribution is 2.53. The molecular weight excluding hydrogens is 245 g/mol. The van der Waals surface area contributed by atoms with Gasteiger partial charge in [-0.3, -0.25) is 0 Å². The van der Waals surface area contributed by atoms with Crippen molar-refractivity contribution in [3.63, 3.8) is 0 Å². The summed E-state index contributed by atoms with van der Waals surface area (Å²) in [5.41, 5.74) is 2.50. The molecule has 1 aromatic carbocycles. The first-order chi connectivity index (χ1) is 8.67. The van der Waals surface area contributed by atoms with Gasteiger partial charge in [0, 0.05) is 13.1 Å². The quantitative estimate of drug-likeness (QED) is 0.756. The first-order valence-electron chi connectivity index (χ1n) is 6.64. The Morgan fingerprint density at radius 3 is 1.83 bits per heavy atom. The Balaban J connectivity index is 2.27. The summed E-state index contributed by atoms with van der Waals surface area (Å²) in [6, 6.07) is 8.41. The topological polar surface area (TPSA) is 21.7 Å². The molecule has 0 aromatic heterocycles. The Morgan fingerprint density at radius 2 is 1.44 bits per heavy atom. The van der Waals surface area contributed by atoms with E-state index in [1.54, 1.807) is 0 Å². The normalized spacial score (nSPS) is 27.9. The van der Waals surface area contributed by atoms with E-state index in [4.69, 9.17) is 9.05 Å². The summed E-state index contributed by atoms with van der Waals surface area (Å²) in [6.45, 7) is 10.4. The van der Waals surface area contributed by atoms with Crippen LogP contribution in [-0.2, 0) is 9.05 Å². The van der Waals surface area contributed by atoms with Gasteiger partial charge in [0.05, 0.1) is 12.2 Å². The van der Waals surface area contributed by atoms with Crippen molar-refractivity contribution < 1.29 is 9.05 Å². The molecule has 1 heterocycles. The van der Waals surface area contributed by atoms with Gasteiger partial charge in [0.2, 0.25) is 0 Å². The number of nitrogens with zero attached hydrogens (tertiary/aromatic N) is 1. The minimum atomic E-state index is -0.954. The summed E-state index contributed by atoms with van der Waals surface area (Å²) >= 11 is 0. The number of rotatable bonds is 3. The predicted molar refractivity (Wildman–Crippen MR) is 75.3 cm³/mol. The maximum absolute atomic E-state index is 6.12. The van der Waals surface area contributed by atoms with Gasteiger partial charge in [-0.15, -0.1) is 0 Å². The van der Waals surface area contributed by atoms with Gasteiger partial charge in [-0.2, -0.15) is 0 Å². The smallest absolute Gasteiger partial charge is 0.259 e. The molecule has 0 fully saturated rings. The van der Waals surface area contributed by atoms with Gasteiger partial charge in [-0.05, 0) is 25.0 Å². The zero-order valence-corrected chi connectivity index (χ0v) is 12.5. The number of hydrogen-bond acceptors (Lipinski definition) is 3. The number of fused-ring (bicyclic) bond motifs is 1. The molecular formula is C14H22NO2P. The Hall–Kier alpha value is -0.470. The molecule has 1 aromatic rings. The van der Waals surface area contributed by atoms with Crippen molar-refractivity contribution in [3.05, 3.63) is 35.4 Å². The van der Waals surface area contributed by atoms with E-state index in [1.807, 2.05) is 0 Å². The average molecular weight is 267 g/mol. The summed E-state index contributed by atoms with van der Waals surface area (Å²) in [6.07, 6.45) is 0.190. The second-order valence-electron chi connectivity index (χ2n) is 4.50. The molecule has 0 aliphatic carbocycles. The van der Waals surface area contributed by atoms with Crippen molar-refractivity contribution in [2.24, 2.45) is 0 Å². The lowest BCUT2D eigenvalue weighted by Crippen LogP contribution is -2.19. The van der Waals surface area contributed by atoms with Crippen molar-refractivity contribution in [3.8, 4) is 0 Å². The molecule has 0 radical (unpaired) electrons. The Morgan fingerprint density at radius 1 is 1.00 bits per heavy atom. The first-order valence-corrected chi connectivity index (χ1v) is 7.77. The third-order valence-corrected chi connectivity index (χ3v) is 5.35. The molecule has 0 bridgehead atoms. The molecule has 3 nitrogen and oxygen atoms in total. The fourth-order valence-corrected chi connectivity index (χ4v) is 3.79. The van der Waals surface area contributed by atoms with Crippen molar-refractivity contribution in [1.29, 1.82) is 0 Å². The average Bonchev–Trinajstić information content (AvgIpc) is 2.50. The van der Waals surface area contributed by atoms with Crippen LogP contribution < -0.4 is 0 Å². The Labute approximate surface area is 111 Å². The third-order valence-electron chi connectivity index (χ3n) is 3.33. The van der Waals surface area contributed by atoms with E-state index in [-0.39, 0.29) is 12.2 Å². The van der Waals surface area contributed by atoms with E-state index in [9.17, 15) is 0 Å². The minimum Gasteiger partial charge on any atom is -0.314 e. The van der Waals surface area contributed by atoms with E-state index in [1.165, 1.54) is 11.1 Å². The lowest BCUT2D eigenvalue weighted by Gasteiger charge is -2.28. The lowest BCUT2D eigenvalue weighted by molar-refractivity contribution is 0.151. The zero-order valence-electron chi connectivity index (χ0n) is 11.6. The fourth-order valence-electron chi connectivity index (χ4n) is 2.25. The monoisotopic (exact) mass is 267 g/mol. The molecule has 2 rings (SSSR count). The van der Waals surface area contributed by atoms with Crippen LogP contribution in [0.2, 0.25) is 0 Å². The Bertz CT molecular complexity index is 364. The van der Waals surface area contributed by atoms with Gasteiger partial charge in [0.15, 0.2) is 0 Å². The van der Waals surface area contributed by atoms with Gasteiger partial charge in [0.25, 0.3) is 8.53 Å². The van der Waals surface area contributed by atoms with Crippen LogP contribution in [0.4, 0.5) is 0 Å². The maximum atomic E-state index is 6.12. The molecule has 0 spiro atoms. The SMILES string of the molecule is CCN(CC)P1OC(C)c2ccccc2C(C)O1. The molecule has 100 valence electrons. The highest BCUT2D eigenvalue weighted by Gasteiger charge is 2.30. The van der Waals surface area contributed by atoms with Gasteiger partial charge >= 0.3 is 0 Å². The first kappa shape index (κ1) is 14.0. The molecule has 18 heavy (non-hydrogen) atoms. The van der Waals surface area contributed by atoms with Gasteiger partial charge in [-0.1, -0.05) is 38.1 Å². The van der Waals surface area contributed by atoms with Crippen LogP contribution in [0, 0.1) is 0 Å². The van der Waals surface area contributed by atoms with Crippen molar-refractivity contribution >= 4 is 8.53 Å². The molecule has 1 aliphatic heterocycles. The van der Waals surface area contributed by atoms with Crippen LogP contribution in [0.5, 0.6) is 0 Å². The van der Waals surface area contributed by atoms with E-state index in [0.717, 1.165) is 13.1 Å². The van der Waals surface area contributed by atoms with E-state index < -0.39 is 8.53 Å². The Kier molecular flexibility index (Phi) is 4.74. The van der Waals surface area contributed by atoms with E-state index in [2.05, 4.69) is 56.6 Å². The van der Waals surface area contributed by atoms with Crippen LogP contribution in [-0.4, -0.2) is 17.8 Å². The van der Waals surface area contributed by atoms with Crippen molar-refractivity contribution in [2.75, 3.05) is 13.1 Å². The maximum Gasteiger partial charge on any atom is 0.259 e. The summed E-state index contributed by atoms with van der Waals surface area (Å²) in [5.74, 6) is 0. The molecule has 0 saturated carbocycles. The zero-order chi connectivity index (χ0) is 13.1. The predicted octanol–water partition coefficient (Wildman–Crippen LogP) is 4.42. The van der Waals surface area contributed by atoms with Gasteiger partial charge in [0.1, 0.15) is 0 Å². The molecule has 0 amide bonds.